The summed E-state index contributed by atoms with van der Waals surface area (Å²) in [5.41, 5.74) is 2.11. The van der Waals surface area contributed by atoms with Gasteiger partial charge in [0.2, 0.25) is 5.91 Å². The first-order chi connectivity index (χ1) is 14.6. The van der Waals surface area contributed by atoms with Crippen LogP contribution in [-0.4, -0.2) is 20.7 Å². The van der Waals surface area contributed by atoms with E-state index in [1.165, 1.54) is 23.9 Å². The van der Waals surface area contributed by atoms with Crippen LogP contribution in [0.3, 0.4) is 0 Å². The molecule has 0 radical (unpaired) electrons. The number of carbonyl (C=O) groups is 1. The molecule has 1 atom stereocenters. The van der Waals surface area contributed by atoms with Crippen LogP contribution in [0.25, 0.3) is 11.3 Å². The Morgan fingerprint density at radius 3 is 2.63 bits per heavy atom. The summed E-state index contributed by atoms with van der Waals surface area (Å²) in [6.07, 6.45) is 3.42. The number of hydrogen-bond donors (Lipinski definition) is 1. The zero-order chi connectivity index (χ0) is 20.9. The molecule has 0 saturated carbocycles. The molecule has 1 amide bonds. The second-order valence-electron chi connectivity index (χ2n) is 6.69. The zero-order valence-corrected chi connectivity index (χ0v) is 17.1. The van der Waals surface area contributed by atoms with Gasteiger partial charge in [0, 0.05) is 0 Å². The molecule has 4 aromatic rings. The van der Waals surface area contributed by atoms with Crippen LogP contribution in [0, 0.1) is 5.82 Å². The number of para-hydroxylation sites is 1. The molecule has 0 aliphatic carbocycles. The monoisotopic (exact) mass is 421 g/mol. The van der Waals surface area contributed by atoms with Gasteiger partial charge in [0.15, 0.2) is 5.16 Å². The average molecular weight is 421 g/mol. The maximum atomic E-state index is 13.9. The number of furan rings is 1. The van der Waals surface area contributed by atoms with E-state index in [9.17, 15) is 9.18 Å². The number of nitrogens with one attached hydrogen (secondary N) is 1. The molecule has 2 aromatic carbocycles. The molecule has 0 fully saturated rings. The van der Waals surface area contributed by atoms with E-state index >= 15 is 0 Å². The molecule has 0 saturated heterocycles. The summed E-state index contributed by atoms with van der Waals surface area (Å²) in [5, 5.41) is 2.84. The van der Waals surface area contributed by atoms with Crippen LogP contribution in [0.5, 0.6) is 0 Å². The molecule has 2 aromatic heterocycles. The summed E-state index contributed by atoms with van der Waals surface area (Å²) in [5.74, 6) is 0.0307. The Morgan fingerprint density at radius 1 is 1.13 bits per heavy atom. The summed E-state index contributed by atoms with van der Waals surface area (Å²) in [6, 6.07) is 19.8. The molecule has 7 heteroatoms. The van der Waals surface area contributed by atoms with E-state index in [4.69, 9.17) is 4.42 Å². The van der Waals surface area contributed by atoms with Crippen molar-refractivity contribution in [3.8, 4) is 11.3 Å². The van der Waals surface area contributed by atoms with Crippen LogP contribution in [0.1, 0.15) is 12.7 Å². The van der Waals surface area contributed by atoms with Gasteiger partial charge in [-0.25, -0.2) is 9.37 Å². The minimum absolute atomic E-state index is 0.166. The highest BCUT2D eigenvalue weighted by Crippen LogP contribution is 2.30. The molecule has 0 aliphatic rings. The Labute approximate surface area is 177 Å². The second kappa shape index (κ2) is 9.00. The van der Waals surface area contributed by atoms with Gasteiger partial charge in [-0.2, -0.15) is 0 Å². The molecule has 1 N–H and O–H groups in total. The number of halogens is 1. The number of carbonyl (C=O) groups excluding carboxylic acids is 1. The highest BCUT2D eigenvalue weighted by molar-refractivity contribution is 8.00. The first-order valence-corrected chi connectivity index (χ1v) is 10.3. The lowest BCUT2D eigenvalue weighted by Gasteiger charge is -2.14. The van der Waals surface area contributed by atoms with Crippen LogP contribution in [-0.2, 0) is 11.3 Å². The summed E-state index contributed by atoms with van der Waals surface area (Å²) >= 11 is 1.32. The van der Waals surface area contributed by atoms with Crippen molar-refractivity contribution in [2.45, 2.75) is 23.9 Å². The lowest BCUT2D eigenvalue weighted by atomic mass is 10.2. The van der Waals surface area contributed by atoms with Crippen molar-refractivity contribution in [2.75, 3.05) is 5.32 Å². The summed E-state index contributed by atoms with van der Waals surface area (Å²) in [7, 11) is 0. The number of benzene rings is 2. The van der Waals surface area contributed by atoms with Gasteiger partial charge >= 0.3 is 0 Å². The molecule has 30 heavy (non-hydrogen) atoms. The Bertz CT molecular complexity index is 1130. The van der Waals surface area contributed by atoms with Crippen LogP contribution in [0.2, 0.25) is 0 Å². The molecular formula is C23H20FN3O2S. The van der Waals surface area contributed by atoms with Crippen molar-refractivity contribution in [3.05, 3.63) is 90.8 Å². The topological polar surface area (TPSA) is 60.1 Å². The number of anilines is 1. The predicted octanol–water partition coefficient (Wildman–Crippen LogP) is 5.45. The highest BCUT2D eigenvalue weighted by atomic mass is 32.2. The van der Waals surface area contributed by atoms with Gasteiger partial charge in [-0.3, -0.25) is 4.79 Å². The molecule has 2 heterocycles. The minimum Gasteiger partial charge on any atom is -0.467 e. The number of nitrogens with zero attached hydrogens (tertiary/aromatic N) is 2. The van der Waals surface area contributed by atoms with Gasteiger partial charge in [0.05, 0.1) is 35.6 Å². The lowest BCUT2D eigenvalue weighted by molar-refractivity contribution is -0.115. The first kappa shape index (κ1) is 20.0. The van der Waals surface area contributed by atoms with Crippen LogP contribution in [0.15, 0.2) is 88.8 Å². The third-order valence-electron chi connectivity index (χ3n) is 4.57. The molecule has 0 bridgehead atoms. The van der Waals surface area contributed by atoms with E-state index in [0.29, 0.717) is 11.7 Å². The Balaban J connectivity index is 1.58. The third-order valence-corrected chi connectivity index (χ3v) is 5.67. The fourth-order valence-corrected chi connectivity index (χ4v) is 3.90. The average Bonchev–Trinajstić information content (AvgIpc) is 3.41. The smallest absolute Gasteiger partial charge is 0.237 e. The first-order valence-electron chi connectivity index (χ1n) is 9.47. The molecule has 5 nitrogen and oxygen atoms in total. The van der Waals surface area contributed by atoms with Crippen LogP contribution < -0.4 is 5.32 Å². The van der Waals surface area contributed by atoms with Crippen molar-refractivity contribution in [2.24, 2.45) is 0 Å². The van der Waals surface area contributed by atoms with E-state index in [1.807, 2.05) is 47.0 Å². The molecular weight excluding hydrogens is 401 g/mol. The quantitative estimate of drug-likeness (QED) is 0.403. The Hall–Kier alpha value is -3.32. The van der Waals surface area contributed by atoms with E-state index in [1.54, 1.807) is 31.5 Å². The Morgan fingerprint density at radius 2 is 1.90 bits per heavy atom. The zero-order valence-electron chi connectivity index (χ0n) is 16.3. The van der Waals surface area contributed by atoms with Gasteiger partial charge in [-0.1, -0.05) is 54.2 Å². The summed E-state index contributed by atoms with van der Waals surface area (Å²) in [6.45, 7) is 2.26. The predicted molar refractivity (Wildman–Crippen MR) is 116 cm³/mol. The fraction of sp³-hybridized carbons (Fsp3) is 0.130. The fourth-order valence-electron chi connectivity index (χ4n) is 3.01. The van der Waals surface area contributed by atoms with Crippen molar-refractivity contribution >= 4 is 23.4 Å². The standard InChI is InChI=1S/C23H20FN3O2S/c1-16(22(28)26-20-12-6-5-11-19(20)24)30-23-25-14-21(17-8-3-2-4-9-17)27(23)15-18-10-7-13-29-18/h2-14,16H,15H2,1H3,(H,26,28). The van der Waals surface area contributed by atoms with Gasteiger partial charge in [0.1, 0.15) is 11.6 Å². The van der Waals surface area contributed by atoms with Gasteiger partial charge in [-0.15, -0.1) is 0 Å². The van der Waals surface area contributed by atoms with Crippen molar-refractivity contribution in [3.63, 3.8) is 0 Å². The molecule has 0 aliphatic heterocycles. The van der Waals surface area contributed by atoms with Gasteiger partial charge < -0.3 is 14.3 Å². The van der Waals surface area contributed by atoms with Gasteiger partial charge in [-0.05, 0) is 36.8 Å². The maximum absolute atomic E-state index is 13.9. The second-order valence-corrected chi connectivity index (χ2v) is 7.99. The maximum Gasteiger partial charge on any atom is 0.237 e. The SMILES string of the molecule is CC(Sc1ncc(-c2ccccc2)n1Cc1ccco1)C(=O)Nc1ccccc1F. The minimum atomic E-state index is -0.481. The van der Waals surface area contributed by atoms with E-state index in [-0.39, 0.29) is 11.6 Å². The molecule has 0 spiro atoms. The lowest BCUT2D eigenvalue weighted by Crippen LogP contribution is -2.23. The molecule has 4 rings (SSSR count). The largest absolute Gasteiger partial charge is 0.467 e. The van der Waals surface area contributed by atoms with Crippen molar-refractivity contribution < 1.29 is 13.6 Å². The van der Waals surface area contributed by atoms with E-state index < -0.39 is 11.1 Å². The summed E-state index contributed by atoms with van der Waals surface area (Å²) in [4.78, 5) is 17.2. The molecule has 1 unspecified atom stereocenters. The normalized spacial score (nSPS) is 11.9. The third kappa shape index (κ3) is 4.46. The van der Waals surface area contributed by atoms with Crippen molar-refractivity contribution in [1.82, 2.24) is 9.55 Å². The van der Waals surface area contributed by atoms with E-state index in [0.717, 1.165) is 17.0 Å². The number of imidazole rings is 1. The van der Waals surface area contributed by atoms with Crippen molar-refractivity contribution in [1.29, 1.82) is 0 Å². The number of thioether (sulfide) groups is 1. The number of aromatic nitrogens is 2. The Kier molecular flexibility index (Phi) is 5.99. The van der Waals surface area contributed by atoms with Crippen LogP contribution >= 0.6 is 11.8 Å². The highest BCUT2D eigenvalue weighted by Gasteiger charge is 2.21. The molecule has 152 valence electrons. The number of rotatable bonds is 7. The number of hydrogen-bond acceptors (Lipinski definition) is 4. The summed E-state index contributed by atoms with van der Waals surface area (Å²) < 4.78 is 21.4. The van der Waals surface area contributed by atoms with E-state index in [2.05, 4.69) is 10.3 Å². The van der Waals surface area contributed by atoms with Crippen LogP contribution in [0.4, 0.5) is 10.1 Å². The van der Waals surface area contributed by atoms with Gasteiger partial charge in [0.25, 0.3) is 0 Å². The number of amides is 1.